The molecule has 316 valence electrons. The summed E-state index contributed by atoms with van der Waals surface area (Å²) in [6, 6.07) is 0. The van der Waals surface area contributed by atoms with Crippen LogP contribution in [0.1, 0.15) is 168 Å². The molecule has 0 aromatic heterocycles. The summed E-state index contributed by atoms with van der Waals surface area (Å²) in [6.45, 7) is 3.70. The van der Waals surface area contributed by atoms with Crippen molar-refractivity contribution in [3.05, 3.63) is 24.3 Å². The maximum Gasteiger partial charge on any atom is 0.306 e. The van der Waals surface area contributed by atoms with Gasteiger partial charge in [0.1, 0.15) is 36.8 Å². The van der Waals surface area contributed by atoms with Crippen LogP contribution in [0.2, 0.25) is 0 Å². The minimum absolute atomic E-state index is 0.164. The number of hydrogen-bond acceptors (Lipinski definition) is 11. The van der Waals surface area contributed by atoms with E-state index in [2.05, 4.69) is 38.2 Å². The molecule has 0 aromatic rings. The second-order valence-electron chi connectivity index (χ2n) is 14.7. The third-order valence-electron chi connectivity index (χ3n) is 9.56. The summed E-state index contributed by atoms with van der Waals surface area (Å²) in [6.07, 6.45) is 23.7. The second kappa shape index (κ2) is 32.2. The summed E-state index contributed by atoms with van der Waals surface area (Å²) >= 11 is 0. The minimum Gasteiger partial charge on any atom is -0.462 e. The standard InChI is InChI=1S/C41H74O12S/c1-3-5-7-9-11-13-15-16-17-18-20-21-23-25-27-29-36(42)50-31-34(52-37(43)30-28-26-24-22-19-14-12-10-8-6-4-2)32-51-41-40(46)39(45)38(44)35(53-41)33-54(47,48)49/h13,15-17,34-35,38-41,44-46H,3-12,14,18-33H2,1-2H3,(H,47,48,49)/b15-13+,17-16+/t34-,35-,38-,39?,40?,41+/m1/s1. The first-order valence-electron chi connectivity index (χ1n) is 20.9. The number of rotatable bonds is 34. The Balaban J connectivity index is 2.49. The summed E-state index contributed by atoms with van der Waals surface area (Å²) in [4.78, 5) is 25.3. The first-order chi connectivity index (χ1) is 26.0. The van der Waals surface area contributed by atoms with Crippen LogP contribution < -0.4 is 0 Å². The summed E-state index contributed by atoms with van der Waals surface area (Å²) in [7, 11) is -4.60. The molecule has 54 heavy (non-hydrogen) atoms. The number of ether oxygens (including phenoxy) is 4. The number of carbonyl (C=O) groups is 2. The van der Waals surface area contributed by atoms with Gasteiger partial charge in [-0.1, -0.05) is 141 Å². The summed E-state index contributed by atoms with van der Waals surface area (Å²) < 4.78 is 53.9. The van der Waals surface area contributed by atoms with Crippen molar-refractivity contribution in [1.82, 2.24) is 0 Å². The van der Waals surface area contributed by atoms with Crippen molar-refractivity contribution in [3.63, 3.8) is 0 Å². The molecule has 6 atom stereocenters. The Morgan fingerprint density at radius 3 is 1.61 bits per heavy atom. The van der Waals surface area contributed by atoms with E-state index < -0.39 is 71.2 Å². The average Bonchev–Trinajstić information content (AvgIpc) is 3.13. The van der Waals surface area contributed by atoms with Crippen LogP contribution in [0.5, 0.6) is 0 Å². The molecule has 12 nitrogen and oxygen atoms in total. The van der Waals surface area contributed by atoms with E-state index in [-0.39, 0.29) is 19.4 Å². The van der Waals surface area contributed by atoms with E-state index in [4.69, 9.17) is 18.9 Å². The predicted molar refractivity (Wildman–Crippen MR) is 210 cm³/mol. The van der Waals surface area contributed by atoms with Crippen LogP contribution in [0.15, 0.2) is 24.3 Å². The zero-order chi connectivity index (χ0) is 39.9. The first kappa shape index (κ1) is 50.1. The van der Waals surface area contributed by atoms with E-state index in [9.17, 15) is 37.9 Å². The van der Waals surface area contributed by atoms with Crippen LogP contribution in [-0.4, -0.2) is 96.0 Å². The fraction of sp³-hybridized carbons (Fsp3) is 0.854. The predicted octanol–water partition coefficient (Wildman–Crippen LogP) is 7.67. The normalized spacial score (nSPS) is 21.2. The van der Waals surface area contributed by atoms with Crippen molar-refractivity contribution in [2.45, 2.75) is 205 Å². The maximum absolute atomic E-state index is 12.7. The van der Waals surface area contributed by atoms with Gasteiger partial charge < -0.3 is 34.3 Å². The number of hydrogen-bond donors (Lipinski definition) is 4. The fourth-order valence-corrected chi connectivity index (χ4v) is 6.95. The molecule has 0 aromatic carbocycles. The molecule has 1 saturated heterocycles. The van der Waals surface area contributed by atoms with Crippen LogP contribution >= 0.6 is 0 Å². The SMILES string of the molecule is CCCCCC/C=C/C=C/CCCCCCCC(=O)OC[C@H](CO[C@H]1O[C@H](CS(=O)(=O)O)[C@@H](O)C(O)C1O)OC(=O)CCCCCCCCCCCCC. The van der Waals surface area contributed by atoms with Crippen molar-refractivity contribution in [2.24, 2.45) is 0 Å². The highest BCUT2D eigenvalue weighted by molar-refractivity contribution is 7.85. The zero-order valence-electron chi connectivity index (χ0n) is 33.3. The first-order valence-corrected chi connectivity index (χ1v) is 22.5. The van der Waals surface area contributed by atoms with Crippen molar-refractivity contribution in [2.75, 3.05) is 19.0 Å². The molecular weight excluding hydrogens is 717 g/mol. The Morgan fingerprint density at radius 1 is 0.630 bits per heavy atom. The van der Waals surface area contributed by atoms with E-state index in [1.165, 1.54) is 70.6 Å². The molecule has 2 unspecified atom stereocenters. The van der Waals surface area contributed by atoms with Gasteiger partial charge in [0.15, 0.2) is 12.4 Å². The van der Waals surface area contributed by atoms with Gasteiger partial charge in [0, 0.05) is 12.8 Å². The summed E-state index contributed by atoms with van der Waals surface area (Å²) in [5, 5.41) is 30.8. The molecule has 0 saturated carbocycles. The van der Waals surface area contributed by atoms with Crippen molar-refractivity contribution < 1.29 is 56.8 Å². The molecule has 1 rings (SSSR count). The van der Waals surface area contributed by atoms with Crippen LogP contribution in [0.3, 0.4) is 0 Å². The Hall–Kier alpha value is -1.87. The van der Waals surface area contributed by atoms with Crippen LogP contribution in [0.25, 0.3) is 0 Å². The summed E-state index contributed by atoms with van der Waals surface area (Å²) in [5.74, 6) is -2.00. The largest absolute Gasteiger partial charge is 0.462 e. The lowest BCUT2D eigenvalue weighted by Gasteiger charge is -2.40. The third kappa shape index (κ3) is 26.9. The second-order valence-corrected chi connectivity index (χ2v) is 16.2. The Morgan fingerprint density at radius 2 is 1.09 bits per heavy atom. The fourth-order valence-electron chi connectivity index (χ4n) is 6.25. The molecule has 1 fully saturated rings. The van der Waals surface area contributed by atoms with Gasteiger partial charge in [0.05, 0.1) is 6.61 Å². The highest BCUT2D eigenvalue weighted by Gasteiger charge is 2.46. The van der Waals surface area contributed by atoms with Gasteiger partial charge in [-0.3, -0.25) is 14.1 Å². The van der Waals surface area contributed by atoms with E-state index in [1.54, 1.807) is 0 Å². The monoisotopic (exact) mass is 790 g/mol. The van der Waals surface area contributed by atoms with Crippen LogP contribution in [-0.2, 0) is 38.7 Å². The molecule has 0 spiro atoms. The highest BCUT2D eigenvalue weighted by Crippen LogP contribution is 2.24. The highest BCUT2D eigenvalue weighted by atomic mass is 32.2. The van der Waals surface area contributed by atoms with Crippen LogP contribution in [0, 0.1) is 0 Å². The maximum atomic E-state index is 12.7. The van der Waals surface area contributed by atoms with E-state index >= 15 is 0 Å². The quantitative estimate of drug-likeness (QED) is 0.0216. The van der Waals surface area contributed by atoms with Gasteiger partial charge in [0.2, 0.25) is 0 Å². The van der Waals surface area contributed by atoms with Gasteiger partial charge in [-0.15, -0.1) is 0 Å². The van der Waals surface area contributed by atoms with Gasteiger partial charge in [-0.25, -0.2) is 0 Å². The van der Waals surface area contributed by atoms with Gasteiger partial charge >= 0.3 is 11.9 Å². The van der Waals surface area contributed by atoms with Gasteiger partial charge in [-0.2, -0.15) is 8.42 Å². The number of allylic oxidation sites excluding steroid dienone is 4. The molecule has 4 N–H and O–H groups in total. The number of carbonyl (C=O) groups excluding carboxylic acids is 2. The number of unbranched alkanes of at least 4 members (excludes halogenated alkanes) is 19. The molecule has 1 aliphatic rings. The van der Waals surface area contributed by atoms with Crippen molar-refractivity contribution in [3.8, 4) is 0 Å². The van der Waals surface area contributed by atoms with Gasteiger partial charge in [0.25, 0.3) is 10.1 Å². The van der Waals surface area contributed by atoms with Crippen LogP contribution in [0.4, 0.5) is 0 Å². The smallest absolute Gasteiger partial charge is 0.306 e. The lowest BCUT2D eigenvalue weighted by atomic mass is 10.00. The molecule has 0 radical (unpaired) electrons. The topological polar surface area (TPSA) is 186 Å². The van der Waals surface area contributed by atoms with Crippen molar-refractivity contribution in [1.29, 1.82) is 0 Å². The Bertz CT molecular complexity index is 1110. The molecular formula is C41H74O12S. The number of esters is 2. The zero-order valence-corrected chi connectivity index (χ0v) is 34.1. The number of aliphatic hydroxyl groups excluding tert-OH is 3. The molecule has 1 aliphatic heterocycles. The van der Waals surface area contributed by atoms with E-state index in [0.29, 0.717) is 12.8 Å². The van der Waals surface area contributed by atoms with Gasteiger partial charge in [-0.05, 0) is 38.5 Å². The third-order valence-corrected chi connectivity index (χ3v) is 10.3. The molecule has 0 amide bonds. The van der Waals surface area contributed by atoms with E-state index in [1.807, 2.05) is 0 Å². The average molecular weight is 791 g/mol. The van der Waals surface area contributed by atoms with Crippen molar-refractivity contribution >= 4 is 22.1 Å². The Labute approximate surface area is 326 Å². The minimum atomic E-state index is -4.60. The Kier molecular flexibility index (Phi) is 29.9. The molecule has 1 heterocycles. The summed E-state index contributed by atoms with van der Waals surface area (Å²) in [5.41, 5.74) is 0. The lowest BCUT2D eigenvalue weighted by molar-refractivity contribution is -0.297. The lowest BCUT2D eigenvalue weighted by Crippen LogP contribution is -2.60. The van der Waals surface area contributed by atoms with E-state index in [0.717, 1.165) is 57.8 Å². The molecule has 0 aliphatic carbocycles. The molecule has 0 bridgehead atoms. The number of aliphatic hydroxyl groups is 3. The molecule has 13 heteroatoms.